The summed E-state index contributed by atoms with van der Waals surface area (Å²) in [6.45, 7) is 1.93. The van der Waals surface area contributed by atoms with Gasteiger partial charge in [-0.2, -0.15) is 0 Å². The molecule has 0 spiro atoms. The Morgan fingerprint density at radius 3 is 2.60 bits per heavy atom. The Morgan fingerprint density at radius 2 is 1.87 bits per heavy atom. The van der Waals surface area contributed by atoms with E-state index in [9.17, 15) is 4.79 Å². The maximum Gasteiger partial charge on any atom is 0.280 e. The van der Waals surface area contributed by atoms with Crippen LogP contribution in [0.5, 0.6) is 0 Å². The molecule has 150 valence electrons. The van der Waals surface area contributed by atoms with E-state index in [0.717, 1.165) is 27.9 Å². The molecular weight excluding hydrogens is 402 g/mol. The molecular formula is C22H18ClN5O2. The number of hydrogen-bond acceptors (Lipinski definition) is 5. The number of nitrogens with one attached hydrogen (secondary N) is 2. The number of hydrazine groups is 1. The Bertz CT molecular complexity index is 1350. The lowest BCUT2D eigenvalue weighted by Gasteiger charge is -2.09. The summed E-state index contributed by atoms with van der Waals surface area (Å²) < 4.78 is 1.51. The summed E-state index contributed by atoms with van der Waals surface area (Å²) in [5.74, 6) is 0.712. The fourth-order valence-corrected chi connectivity index (χ4v) is 3.73. The van der Waals surface area contributed by atoms with Gasteiger partial charge >= 0.3 is 0 Å². The Kier molecular flexibility index (Phi) is 4.34. The fraction of sp³-hybridized carbons (Fsp3) is 0.0909. The first-order chi connectivity index (χ1) is 14.5. The second-order valence-electron chi connectivity index (χ2n) is 7.11. The summed E-state index contributed by atoms with van der Waals surface area (Å²) in [5, 5.41) is 6.13. The largest absolute Gasteiger partial charge is 0.387 e. The second-order valence-corrected chi connectivity index (χ2v) is 7.55. The SMILES string of the molecule is Cc1ncc2c(=O)n(-c3ccc(Cl)cc3)[nH]c2c1-c1cccc(C2=CN(C)NO2)c1. The summed E-state index contributed by atoms with van der Waals surface area (Å²) in [5.41, 5.74) is 7.59. The molecule has 4 aromatic rings. The minimum Gasteiger partial charge on any atom is -0.387 e. The van der Waals surface area contributed by atoms with E-state index in [1.165, 1.54) is 4.68 Å². The molecule has 30 heavy (non-hydrogen) atoms. The van der Waals surface area contributed by atoms with Crippen LogP contribution in [-0.4, -0.2) is 26.8 Å². The number of nitrogens with zero attached hydrogens (tertiary/aromatic N) is 3. The Balaban J connectivity index is 1.69. The van der Waals surface area contributed by atoms with Crippen molar-refractivity contribution in [2.24, 2.45) is 0 Å². The number of aromatic nitrogens is 3. The highest BCUT2D eigenvalue weighted by Crippen LogP contribution is 2.31. The number of halogens is 1. The van der Waals surface area contributed by atoms with Crippen LogP contribution in [0.25, 0.3) is 33.5 Å². The monoisotopic (exact) mass is 419 g/mol. The average Bonchev–Trinajstić information content (AvgIpc) is 3.32. The zero-order valence-electron chi connectivity index (χ0n) is 16.3. The molecule has 0 atom stereocenters. The van der Waals surface area contributed by atoms with Gasteiger partial charge in [0.2, 0.25) is 0 Å². The summed E-state index contributed by atoms with van der Waals surface area (Å²) in [7, 11) is 1.86. The summed E-state index contributed by atoms with van der Waals surface area (Å²) in [4.78, 5) is 23.0. The van der Waals surface area contributed by atoms with Crippen molar-refractivity contribution in [2.45, 2.75) is 6.92 Å². The normalized spacial score (nSPS) is 13.6. The van der Waals surface area contributed by atoms with Crippen LogP contribution in [0, 0.1) is 6.92 Å². The van der Waals surface area contributed by atoms with Gasteiger partial charge in [0, 0.05) is 35.1 Å². The summed E-state index contributed by atoms with van der Waals surface area (Å²) in [6, 6.07) is 15.1. The number of pyridine rings is 1. The van der Waals surface area contributed by atoms with Crippen molar-refractivity contribution in [1.29, 1.82) is 0 Å². The van der Waals surface area contributed by atoms with E-state index in [-0.39, 0.29) is 5.56 Å². The first-order valence-corrected chi connectivity index (χ1v) is 9.73. The van der Waals surface area contributed by atoms with Crippen molar-refractivity contribution in [3.05, 3.63) is 87.6 Å². The van der Waals surface area contributed by atoms with Gasteiger partial charge in [-0.05, 0) is 42.8 Å². The van der Waals surface area contributed by atoms with Crippen LogP contribution in [0.2, 0.25) is 5.02 Å². The van der Waals surface area contributed by atoms with Gasteiger partial charge in [0.1, 0.15) is 0 Å². The predicted octanol–water partition coefficient (Wildman–Crippen LogP) is 4.02. The van der Waals surface area contributed by atoms with Gasteiger partial charge in [0.15, 0.2) is 5.76 Å². The highest BCUT2D eigenvalue weighted by molar-refractivity contribution is 6.30. The third-order valence-corrected chi connectivity index (χ3v) is 5.31. The Labute approximate surface area is 177 Å². The van der Waals surface area contributed by atoms with E-state index in [1.807, 2.05) is 44.4 Å². The molecule has 0 saturated carbocycles. The molecule has 7 nitrogen and oxygen atoms in total. The molecule has 2 aromatic carbocycles. The number of aryl methyl sites for hydroxylation is 1. The summed E-state index contributed by atoms with van der Waals surface area (Å²) in [6.07, 6.45) is 3.48. The molecule has 0 amide bonds. The predicted molar refractivity (Wildman–Crippen MR) is 117 cm³/mol. The fourth-order valence-electron chi connectivity index (χ4n) is 3.60. The molecule has 1 aliphatic heterocycles. The van der Waals surface area contributed by atoms with Crippen molar-refractivity contribution in [3.63, 3.8) is 0 Å². The molecule has 2 aromatic heterocycles. The maximum absolute atomic E-state index is 13.0. The minimum absolute atomic E-state index is 0.162. The van der Waals surface area contributed by atoms with Crippen molar-refractivity contribution in [1.82, 2.24) is 25.4 Å². The third-order valence-electron chi connectivity index (χ3n) is 5.06. The van der Waals surface area contributed by atoms with Gasteiger partial charge in [-0.1, -0.05) is 35.4 Å². The van der Waals surface area contributed by atoms with Crippen molar-refractivity contribution < 1.29 is 4.84 Å². The van der Waals surface area contributed by atoms with Crippen LogP contribution in [0.15, 0.2) is 65.7 Å². The lowest BCUT2D eigenvalue weighted by atomic mass is 9.99. The highest BCUT2D eigenvalue weighted by atomic mass is 35.5. The van der Waals surface area contributed by atoms with E-state index < -0.39 is 0 Å². The molecule has 3 heterocycles. The van der Waals surface area contributed by atoms with Gasteiger partial charge in [0.25, 0.3) is 5.56 Å². The molecule has 0 saturated heterocycles. The number of hydrogen-bond donors (Lipinski definition) is 2. The van der Waals surface area contributed by atoms with Gasteiger partial charge in [-0.3, -0.25) is 19.9 Å². The van der Waals surface area contributed by atoms with Crippen LogP contribution in [0.3, 0.4) is 0 Å². The minimum atomic E-state index is -0.162. The van der Waals surface area contributed by atoms with Crippen LogP contribution < -0.4 is 11.1 Å². The Hall–Kier alpha value is -3.55. The van der Waals surface area contributed by atoms with Gasteiger partial charge in [-0.25, -0.2) is 4.68 Å². The number of H-pyrrole nitrogens is 1. The molecule has 2 N–H and O–H groups in total. The molecule has 0 fully saturated rings. The van der Waals surface area contributed by atoms with Crippen molar-refractivity contribution in [2.75, 3.05) is 7.05 Å². The Morgan fingerprint density at radius 1 is 1.10 bits per heavy atom. The molecule has 5 rings (SSSR count). The zero-order valence-corrected chi connectivity index (χ0v) is 17.1. The topological polar surface area (TPSA) is 75.2 Å². The molecule has 1 aliphatic rings. The van der Waals surface area contributed by atoms with Crippen LogP contribution >= 0.6 is 11.6 Å². The van der Waals surface area contributed by atoms with Gasteiger partial charge in [0.05, 0.1) is 22.8 Å². The quantitative estimate of drug-likeness (QED) is 0.524. The van der Waals surface area contributed by atoms with Crippen LogP contribution in [0.1, 0.15) is 11.3 Å². The molecule has 0 radical (unpaired) electrons. The van der Waals surface area contributed by atoms with E-state index >= 15 is 0 Å². The first-order valence-electron chi connectivity index (χ1n) is 9.35. The van der Waals surface area contributed by atoms with Gasteiger partial charge < -0.3 is 4.84 Å². The van der Waals surface area contributed by atoms with Crippen molar-refractivity contribution in [3.8, 4) is 16.8 Å². The number of fused-ring (bicyclic) bond motifs is 1. The molecule has 0 aliphatic carbocycles. The molecule has 8 heteroatoms. The lowest BCUT2D eigenvalue weighted by molar-refractivity contribution is 0.0649. The highest BCUT2D eigenvalue weighted by Gasteiger charge is 2.18. The summed E-state index contributed by atoms with van der Waals surface area (Å²) >= 11 is 5.99. The van der Waals surface area contributed by atoms with Crippen LogP contribution in [-0.2, 0) is 4.84 Å². The average molecular weight is 420 g/mol. The van der Waals surface area contributed by atoms with Crippen molar-refractivity contribution >= 4 is 28.3 Å². The smallest absolute Gasteiger partial charge is 0.280 e. The van der Waals surface area contributed by atoms with Gasteiger partial charge in [-0.15, -0.1) is 0 Å². The van der Waals surface area contributed by atoms with E-state index in [4.69, 9.17) is 16.4 Å². The van der Waals surface area contributed by atoms with Crippen LogP contribution in [0.4, 0.5) is 0 Å². The maximum atomic E-state index is 13.0. The number of rotatable bonds is 3. The van der Waals surface area contributed by atoms with E-state index in [2.05, 4.69) is 15.7 Å². The van der Waals surface area contributed by atoms with E-state index in [1.54, 1.807) is 35.5 Å². The van der Waals surface area contributed by atoms with E-state index in [0.29, 0.717) is 21.9 Å². The first kappa shape index (κ1) is 18.5. The third kappa shape index (κ3) is 3.04. The molecule has 0 bridgehead atoms. The zero-order chi connectivity index (χ0) is 20.8. The molecule has 0 unspecified atom stereocenters. The standard InChI is InChI=1S/C22H18ClN5O2/c1-13-20(15-5-3-4-14(10-15)19-12-27(2)26-30-19)21-18(11-24-13)22(29)28(25-21)17-8-6-16(23)7-9-17/h3-12,25-26H,1-2H3. The number of aromatic amines is 1. The second kappa shape index (κ2) is 7.05. The number of benzene rings is 2. The lowest BCUT2D eigenvalue weighted by Crippen LogP contribution is -2.22.